The van der Waals surface area contributed by atoms with Crippen molar-refractivity contribution in [3.05, 3.63) is 29.3 Å². The van der Waals surface area contributed by atoms with Gasteiger partial charge in [-0.05, 0) is 54.9 Å². The van der Waals surface area contributed by atoms with Crippen LogP contribution in [0.25, 0.3) is 0 Å². The van der Waals surface area contributed by atoms with Crippen molar-refractivity contribution in [1.29, 1.82) is 0 Å². The molecule has 0 aromatic heterocycles. The van der Waals surface area contributed by atoms with E-state index in [1.54, 1.807) is 24.3 Å². The minimum absolute atomic E-state index is 0.0125. The second-order valence-corrected chi connectivity index (χ2v) is 7.57. The summed E-state index contributed by atoms with van der Waals surface area (Å²) in [6.07, 6.45) is 3.02. The Kier molecular flexibility index (Phi) is 3.44. The van der Waals surface area contributed by atoms with Gasteiger partial charge >= 0.3 is 6.09 Å². The summed E-state index contributed by atoms with van der Waals surface area (Å²) in [6.45, 7) is 6.89. The highest BCUT2D eigenvalue weighted by atomic mass is 35.5. The molecule has 2 bridgehead atoms. The van der Waals surface area contributed by atoms with Crippen LogP contribution in [0.15, 0.2) is 24.3 Å². The number of nitrogens with one attached hydrogen (secondary N) is 1. The first-order valence-electron chi connectivity index (χ1n) is 7.56. The largest absolute Gasteiger partial charge is 0.445 e. The topological polar surface area (TPSA) is 38.3 Å². The fourth-order valence-corrected chi connectivity index (χ4v) is 4.24. The molecule has 1 aromatic carbocycles. The van der Waals surface area contributed by atoms with Gasteiger partial charge in [0.15, 0.2) is 0 Å². The number of anilines is 1. The van der Waals surface area contributed by atoms with E-state index in [-0.39, 0.29) is 23.0 Å². The molecular formula is C17H22ClNO2. The molecule has 2 aliphatic carbocycles. The number of carbonyl (C=O) groups is 1. The zero-order valence-electron chi connectivity index (χ0n) is 12.8. The third-order valence-electron chi connectivity index (χ3n) is 6.05. The molecule has 114 valence electrons. The maximum Gasteiger partial charge on any atom is 0.411 e. The number of benzene rings is 1. The molecule has 0 saturated heterocycles. The van der Waals surface area contributed by atoms with Crippen molar-refractivity contribution in [3.63, 3.8) is 0 Å². The van der Waals surface area contributed by atoms with Crippen molar-refractivity contribution in [3.8, 4) is 0 Å². The lowest BCUT2D eigenvalue weighted by molar-refractivity contribution is 0.00148. The fraction of sp³-hybridized carbons (Fsp3) is 0.588. The summed E-state index contributed by atoms with van der Waals surface area (Å²) in [4.78, 5) is 12.1. The van der Waals surface area contributed by atoms with Gasteiger partial charge in [0.25, 0.3) is 0 Å². The Morgan fingerprint density at radius 2 is 1.95 bits per heavy atom. The van der Waals surface area contributed by atoms with Crippen molar-refractivity contribution >= 4 is 23.4 Å². The molecule has 3 rings (SSSR count). The molecule has 3 atom stereocenters. The van der Waals surface area contributed by atoms with Gasteiger partial charge in [0, 0.05) is 16.1 Å². The zero-order chi connectivity index (χ0) is 15.3. The van der Waals surface area contributed by atoms with Crippen LogP contribution in [0, 0.1) is 16.7 Å². The number of ether oxygens (including phenoxy) is 1. The normalized spacial score (nSPS) is 33.0. The highest BCUT2D eigenvalue weighted by Gasteiger charge is 2.62. The number of amides is 1. The molecule has 21 heavy (non-hydrogen) atoms. The summed E-state index contributed by atoms with van der Waals surface area (Å²) in [7, 11) is 0. The molecule has 4 heteroatoms. The molecule has 2 saturated carbocycles. The van der Waals surface area contributed by atoms with Crippen molar-refractivity contribution in [2.75, 3.05) is 5.32 Å². The van der Waals surface area contributed by atoms with Crippen LogP contribution >= 0.6 is 11.6 Å². The lowest BCUT2D eigenvalue weighted by Crippen LogP contribution is -2.39. The number of hydrogen-bond acceptors (Lipinski definition) is 2. The molecule has 1 amide bonds. The van der Waals surface area contributed by atoms with Crippen LogP contribution in [0.2, 0.25) is 5.02 Å². The lowest BCUT2D eigenvalue weighted by atomic mass is 9.70. The molecule has 1 N–H and O–H groups in total. The van der Waals surface area contributed by atoms with Crippen LogP contribution in [0.1, 0.15) is 40.0 Å². The van der Waals surface area contributed by atoms with Gasteiger partial charge in [0.1, 0.15) is 6.10 Å². The van der Waals surface area contributed by atoms with Crippen molar-refractivity contribution < 1.29 is 9.53 Å². The van der Waals surface area contributed by atoms with Crippen molar-refractivity contribution in [2.24, 2.45) is 16.7 Å². The second kappa shape index (κ2) is 4.91. The Balaban J connectivity index is 1.65. The molecule has 0 heterocycles. The van der Waals surface area contributed by atoms with Crippen LogP contribution in [-0.4, -0.2) is 12.2 Å². The monoisotopic (exact) mass is 307 g/mol. The van der Waals surface area contributed by atoms with Gasteiger partial charge in [-0.2, -0.15) is 0 Å². The van der Waals surface area contributed by atoms with Crippen LogP contribution in [0.4, 0.5) is 10.5 Å². The second-order valence-electron chi connectivity index (χ2n) is 7.14. The third-order valence-corrected chi connectivity index (χ3v) is 6.31. The van der Waals surface area contributed by atoms with Crippen LogP contribution < -0.4 is 5.32 Å². The number of rotatable bonds is 2. The predicted molar refractivity (Wildman–Crippen MR) is 84.6 cm³/mol. The summed E-state index contributed by atoms with van der Waals surface area (Å²) < 4.78 is 5.74. The summed E-state index contributed by atoms with van der Waals surface area (Å²) in [5, 5.41) is 3.43. The maximum absolute atomic E-state index is 12.1. The lowest BCUT2D eigenvalue weighted by Gasteiger charge is -2.38. The Bertz CT molecular complexity index is 554. The minimum atomic E-state index is -0.369. The van der Waals surface area contributed by atoms with Gasteiger partial charge in [-0.3, -0.25) is 5.32 Å². The first-order chi connectivity index (χ1) is 9.83. The van der Waals surface area contributed by atoms with E-state index in [0.717, 1.165) is 12.8 Å². The van der Waals surface area contributed by atoms with E-state index in [9.17, 15) is 4.79 Å². The molecule has 0 spiro atoms. The quantitative estimate of drug-likeness (QED) is 0.825. The number of hydrogen-bond donors (Lipinski definition) is 1. The van der Waals surface area contributed by atoms with Crippen LogP contribution in [-0.2, 0) is 4.74 Å². The van der Waals surface area contributed by atoms with E-state index in [4.69, 9.17) is 16.3 Å². The molecule has 2 fully saturated rings. The van der Waals surface area contributed by atoms with Gasteiger partial charge in [-0.1, -0.05) is 32.4 Å². The van der Waals surface area contributed by atoms with Gasteiger partial charge in [-0.25, -0.2) is 4.79 Å². The summed E-state index contributed by atoms with van der Waals surface area (Å²) in [6, 6.07) is 7.05. The number of carbonyl (C=O) groups excluding carboxylic acids is 1. The SMILES string of the molecule is CC1(C)[C@@H]2CC[C@@]1(C)[C@H](OC(=O)Nc1ccc(Cl)cc1)C2. The van der Waals surface area contributed by atoms with E-state index in [1.165, 1.54) is 6.42 Å². The molecular weight excluding hydrogens is 286 g/mol. The van der Waals surface area contributed by atoms with Gasteiger partial charge in [0.05, 0.1) is 0 Å². The van der Waals surface area contributed by atoms with Gasteiger partial charge < -0.3 is 4.74 Å². The molecule has 1 aromatic rings. The number of fused-ring (bicyclic) bond motifs is 2. The average Bonchev–Trinajstić information content (AvgIpc) is 2.74. The smallest absolute Gasteiger partial charge is 0.411 e. The molecule has 0 aliphatic heterocycles. The predicted octanol–water partition coefficient (Wildman–Crippen LogP) is 5.10. The van der Waals surface area contributed by atoms with Crippen molar-refractivity contribution in [1.82, 2.24) is 0 Å². The van der Waals surface area contributed by atoms with Gasteiger partial charge in [0.2, 0.25) is 0 Å². The Morgan fingerprint density at radius 3 is 2.48 bits per heavy atom. The first-order valence-corrected chi connectivity index (χ1v) is 7.94. The Morgan fingerprint density at radius 1 is 1.29 bits per heavy atom. The molecule has 3 nitrogen and oxygen atoms in total. The highest BCUT2D eigenvalue weighted by Crippen LogP contribution is 2.66. The van der Waals surface area contributed by atoms with E-state index < -0.39 is 0 Å². The highest BCUT2D eigenvalue weighted by molar-refractivity contribution is 6.30. The van der Waals surface area contributed by atoms with Crippen molar-refractivity contribution in [2.45, 2.75) is 46.1 Å². The standard InChI is InChI=1S/C17H22ClNO2/c1-16(2)11-8-9-17(16,3)14(10-11)21-15(20)19-13-6-4-12(18)5-7-13/h4-7,11,14H,8-10H2,1-3H3,(H,19,20)/t11-,14-,17+/m1/s1. The first kappa shape index (κ1) is 14.7. The summed E-state index contributed by atoms with van der Waals surface area (Å²) in [5.74, 6) is 0.663. The van der Waals surface area contributed by atoms with E-state index in [1.807, 2.05) is 0 Å². The minimum Gasteiger partial charge on any atom is -0.445 e. The Labute approximate surface area is 131 Å². The fourth-order valence-electron chi connectivity index (χ4n) is 4.12. The summed E-state index contributed by atoms with van der Waals surface area (Å²) in [5.41, 5.74) is 1.05. The van der Waals surface area contributed by atoms with E-state index in [2.05, 4.69) is 26.1 Å². The third kappa shape index (κ3) is 2.32. The average molecular weight is 308 g/mol. The Hall–Kier alpha value is -1.22. The maximum atomic E-state index is 12.1. The zero-order valence-corrected chi connectivity index (χ0v) is 13.5. The molecule has 0 radical (unpaired) electrons. The molecule has 0 unspecified atom stereocenters. The number of halogens is 1. The summed E-state index contributed by atoms with van der Waals surface area (Å²) >= 11 is 5.83. The molecule has 2 aliphatic rings. The van der Waals surface area contributed by atoms with Gasteiger partial charge in [-0.15, -0.1) is 0 Å². The van der Waals surface area contributed by atoms with Crippen LogP contribution in [0.5, 0.6) is 0 Å². The van der Waals surface area contributed by atoms with E-state index in [0.29, 0.717) is 16.6 Å². The van der Waals surface area contributed by atoms with E-state index >= 15 is 0 Å². The van der Waals surface area contributed by atoms with Crippen LogP contribution in [0.3, 0.4) is 0 Å².